The molecule has 1 aromatic carbocycles. The highest BCUT2D eigenvalue weighted by atomic mass is 32.2. The molecule has 0 radical (unpaired) electrons. The molecule has 1 aromatic rings. The summed E-state index contributed by atoms with van der Waals surface area (Å²) < 4.78 is 27.1. The predicted molar refractivity (Wildman–Crippen MR) is 101 cm³/mol. The molecule has 8 heteroatoms. The summed E-state index contributed by atoms with van der Waals surface area (Å²) >= 11 is 0. The van der Waals surface area contributed by atoms with Gasteiger partial charge >= 0.3 is 6.03 Å². The summed E-state index contributed by atoms with van der Waals surface area (Å²) in [5, 5.41) is 12.3. The fourth-order valence-electron chi connectivity index (χ4n) is 3.84. The molecule has 27 heavy (non-hydrogen) atoms. The second-order valence-corrected chi connectivity index (χ2v) is 9.22. The van der Waals surface area contributed by atoms with Gasteiger partial charge in [0.1, 0.15) is 6.07 Å². The van der Waals surface area contributed by atoms with Gasteiger partial charge in [0.2, 0.25) is 10.0 Å². The fourth-order valence-corrected chi connectivity index (χ4v) is 5.40. The van der Waals surface area contributed by atoms with Crippen molar-refractivity contribution >= 4 is 16.1 Å². The van der Waals surface area contributed by atoms with Crippen LogP contribution in [0.5, 0.6) is 0 Å². The Labute approximate surface area is 161 Å². The highest BCUT2D eigenvalue weighted by Crippen LogP contribution is 2.24. The Morgan fingerprint density at radius 2 is 1.81 bits per heavy atom. The lowest BCUT2D eigenvalue weighted by molar-refractivity contribution is 0.161. The number of amides is 2. The standard InChI is InChI=1S/C19H26N4O3S/c1-15-6-2-4-8-17(15)21-19(24)22-10-12-23(13-11-22)27(25,26)18-9-5-3-7-16(18)14-20/h3,5,7,9,15,17H,2,4,6,8,10-13H2,1H3,(H,21,24)/t15-,17-/m0/s1. The Hall–Kier alpha value is -2.11. The van der Waals surface area contributed by atoms with Gasteiger partial charge in [0.15, 0.2) is 0 Å². The third-order valence-electron chi connectivity index (χ3n) is 5.57. The minimum atomic E-state index is -3.74. The highest BCUT2D eigenvalue weighted by Gasteiger charge is 2.32. The van der Waals surface area contributed by atoms with Crippen LogP contribution in [0.2, 0.25) is 0 Å². The third kappa shape index (κ3) is 4.25. The maximum Gasteiger partial charge on any atom is 0.317 e. The lowest BCUT2D eigenvalue weighted by Crippen LogP contribution is -2.55. The number of carbonyl (C=O) groups is 1. The van der Waals surface area contributed by atoms with E-state index in [9.17, 15) is 18.5 Å². The summed E-state index contributed by atoms with van der Waals surface area (Å²) in [5.41, 5.74) is 0.143. The molecule has 1 N–H and O–H groups in total. The van der Waals surface area contributed by atoms with Crippen LogP contribution in [0.3, 0.4) is 0 Å². The van der Waals surface area contributed by atoms with Gasteiger partial charge < -0.3 is 10.2 Å². The van der Waals surface area contributed by atoms with Crippen molar-refractivity contribution in [1.29, 1.82) is 5.26 Å². The van der Waals surface area contributed by atoms with Crippen molar-refractivity contribution in [3.8, 4) is 6.07 Å². The molecule has 2 fully saturated rings. The van der Waals surface area contributed by atoms with Gasteiger partial charge in [-0.15, -0.1) is 0 Å². The molecule has 1 aliphatic heterocycles. The molecule has 3 rings (SSSR count). The molecule has 0 unspecified atom stereocenters. The van der Waals surface area contributed by atoms with Crippen LogP contribution in [-0.4, -0.2) is 55.9 Å². The van der Waals surface area contributed by atoms with Crippen LogP contribution in [-0.2, 0) is 10.0 Å². The van der Waals surface area contributed by atoms with E-state index in [1.807, 2.05) is 6.07 Å². The van der Waals surface area contributed by atoms with Crippen molar-refractivity contribution in [1.82, 2.24) is 14.5 Å². The molecule has 0 aromatic heterocycles. The minimum Gasteiger partial charge on any atom is -0.335 e. The fraction of sp³-hybridized carbons (Fsp3) is 0.579. The van der Waals surface area contributed by atoms with E-state index in [0.717, 1.165) is 19.3 Å². The molecule has 2 amide bonds. The average molecular weight is 391 g/mol. The monoisotopic (exact) mass is 390 g/mol. The molecule has 146 valence electrons. The van der Waals surface area contributed by atoms with E-state index >= 15 is 0 Å². The number of carbonyl (C=O) groups excluding carboxylic acids is 1. The maximum absolute atomic E-state index is 12.9. The maximum atomic E-state index is 12.9. The Bertz CT molecular complexity index is 826. The zero-order chi connectivity index (χ0) is 19.4. The number of piperazine rings is 1. The van der Waals surface area contributed by atoms with Crippen LogP contribution in [0.1, 0.15) is 38.2 Å². The van der Waals surface area contributed by atoms with Gasteiger partial charge in [0.25, 0.3) is 0 Å². The van der Waals surface area contributed by atoms with Gasteiger partial charge in [-0.2, -0.15) is 9.57 Å². The molecule has 1 saturated heterocycles. The summed E-state index contributed by atoms with van der Waals surface area (Å²) in [6.45, 7) is 3.33. The zero-order valence-corrected chi connectivity index (χ0v) is 16.4. The number of benzene rings is 1. The van der Waals surface area contributed by atoms with E-state index in [2.05, 4.69) is 12.2 Å². The summed E-state index contributed by atoms with van der Waals surface area (Å²) in [7, 11) is -3.74. The quantitative estimate of drug-likeness (QED) is 0.856. The van der Waals surface area contributed by atoms with E-state index in [4.69, 9.17) is 0 Å². The number of hydrogen-bond acceptors (Lipinski definition) is 4. The molecule has 1 heterocycles. The topological polar surface area (TPSA) is 93.5 Å². The van der Waals surface area contributed by atoms with Gasteiger partial charge in [-0.05, 0) is 30.9 Å². The molecule has 2 aliphatic rings. The van der Waals surface area contributed by atoms with E-state index in [1.54, 1.807) is 17.0 Å². The lowest BCUT2D eigenvalue weighted by atomic mass is 9.86. The summed E-state index contributed by atoms with van der Waals surface area (Å²) in [4.78, 5) is 14.3. The number of nitrogens with one attached hydrogen (secondary N) is 1. The Kier molecular flexibility index (Phi) is 6.02. The van der Waals surface area contributed by atoms with Crippen LogP contribution in [0.25, 0.3) is 0 Å². The second kappa shape index (κ2) is 8.28. The number of nitrogens with zero attached hydrogens (tertiary/aromatic N) is 3. The van der Waals surface area contributed by atoms with Crippen LogP contribution in [0.15, 0.2) is 29.2 Å². The zero-order valence-electron chi connectivity index (χ0n) is 15.6. The van der Waals surface area contributed by atoms with Crippen LogP contribution < -0.4 is 5.32 Å². The normalized spacial score (nSPS) is 24.2. The predicted octanol–water partition coefficient (Wildman–Crippen LogP) is 2.15. The van der Waals surface area contributed by atoms with Crippen LogP contribution >= 0.6 is 0 Å². The van der Waals surface area contributed by atoms with Crippen molar-refractivity contribution in [2.75, 3.05) is 26.2 Å². The molecule has 7 nitrogen and oxygen atoms in total. The smallest absolute Gasteiger partial charge is 0.317 e. The molecule has 1 aliphatic carbocycles. The molecule has 0 spiro atoms. The number of urea groups is 1. The Morgan fingerprint density at radius 1 is 1.15 bits per heavy atom. The first-order valence-corrected chi connectivity index (χ1v) is 10.9. The summed E-state index contributed by atoms with van der Waals surface area (Å²) in [5.74, 6) is 0.479. The van der Waals surface area contributed by atoms with Gasteiger partial charge in [-0.1, -0.05) is 31.9 Å². The van der Waals surface area contributed by atoms with E-state index in [0.29, 0.717) is 19.0 Å². The van der Waals surface area contributed by atoms with Crippen molar-refractivity contribution < 1.29 is 13.2 Å². The number of rotatable bonds is 3. The van der Waals surface area contributed by atoms with Crippen molar-refractivity contribution in [2.45, 2.75) is 43.5 Å². The lowest BCUT2D eigenvalue weighted by Gasteiger charge is -2.36. The number of hydrogen-bond donors (Lipinski definition) is 1. The average Bonchev–Trinajstić information content (AvgIpc) is 2.69. The number of nitriles is 1. The largest absolute Gasteiger partial charge is 0.335 e. The second-order valence-electron chi connectivity index (χ2n) is 7.32. The van der Waals surface area contributed by atoms with Crippen LogP contribution in [0, 0.1) is 17.2 Å². The van der Waals surface area contributed by atoms with Gasteiger partial charge in [0, 0.05) is 32.2 Å². The van der Waals surface area contributed by atoms with Crippen molar-refractivity contribution in [3.63, 3.8) is 0 Å². The van der Waals surface area contributed by atoms with E-state index in [1.165, 1.54) is 22.9 Å². The van der Waals surface area contributed by atoms with Gasteiger partial charge in [0.05, 0.1) is 10.5 Å². The molecular formula is C19H26N4O3S. The highest BCUT2D eigenvalue weighted by molar-refractivity contribution is 7.89. The molecular weight excluding hydrogens is 364 g/mol. The Morgan fingerprint density at radius 3 is 2.48 bits per heavy atom. The number of sulfonamides is 1. The van der Waals surface area contributed by atoms with Crippen molar-refractivity contribution in [2.24, 2.45) is 5.92 Å². The first-order valence-electron chi connectivity index (χ1n) is 9.48. The molecule has 1 saturated carbocycles. The first kappa shape index (κ1) is 19.6. The molecule has 2 atom stereocenters. The SMILES string of the molecule is C[C@H]1CCCC[C@@H]1NC(=O)N1CCN(S(=O)(=O)c2ccccc2C#N)CC1. The van der Waals surface area contributed by atoms with Crippen LogP contribution in [0.4, 0.5) is 4.79 Å². The van der Waals surface area contributed by atoms with E-state index in [-0.39, 0.29) is 35.6 Å². The van der Waals surface area contributed by atoms with Crippen molar-refractivity contribution in [3.05, 3.63) is 29.8 Å². The van der Waals surface area contributed by atoms with E-state index < -0.39 is 10.0 Å². The van der Waals surface area contributed by atoms with Gasteiger partial charge in [-0.3, -0.25) is 0 Å². The molecule has 0 bridgehead atoms. The van der Waals surface area contributed by atoms with Gasteiger partial charge in [-0.25, -0.2) is 13.2 Å². The first-order chi connectivity index (χ1) is 12.9. The third-order valence-corrected chi connectivity index (χ3v) is 7.53. The summed E-state index contributed by atoms with van der Waals surface area (Å²) in [6, 6.07) is 8.25. The minimum absolute atomic E-state index is 0.0291. The Balaban J connectivity index is 1.61. The summed E-state index contributed by atoms with van der Waals surface area (Å²) in [6.07, 6.45) is 4.50.